The molecule has 11 nitrogen and oxygen atoms in total. The third-order valence-electron chi connectivity index (χ3n) is 10.6. The van der Waals surface area contributed by atoms with Crippen LogP contribution in [0.1, 0.15) is 90.3 Å². The van der Waals surface area contributed by atoms with Gasteiger partial charge in [-0.15, -0.1) is 5.10 Å². The first-order valence-electron chi connectivity index (χ1n) is 17.1. The summed E-state index contributed by atoms with van der Waals surface area (Å²) in [6.07, 6.45) is 14.9. The molecule has 2 saturated heterocycles. The van der Waals surface area contributed by atoms with Crippen molar-refractivity contribution in [1.29, 1.82) is 0 Å². The first-order chi connectivity index (χ1) is 22.1. The number of hydrogen-bond donors (Lipinski definition) is 1. The highest BCUT2D eigenvalue weighted by atomic mass is 16.6. The van der Waals surface area contributed by atoms with Gasteiger partial charge >= 0.3 is 6.09 Å². The molecule has 4 aliphatic rings. The van der Waals surface area contributed by atoms with Crippen molar-refractivity contribution in [3.63, 3.8) is 0 Å². The molecule has 2 aliphatic heterocycles. The molecule has 0 radical (unpaired) electrons. The normalized spacial score (nSPS) is 22.1. The van der Waals surface area contributed by atoms with E-state index in [-0.39, 0.29) is 23.9 Å². The second kappa shape index (κ2) is 12.1. The lowest BCUT2D eigenvalue weighted by molar-refractivity contribution is 0.00735. The summed E-state index contributed by atoms with van der Waals surface area (Å²) in [6, 6.07) is 5.95. The molecule has 2 aliphatic carbocycles. The summed E-state index contributed by atoms with van der Waals surface area (Å²) in [5.41, 5.74) is 3.71. The van der Waals surface area contributed by atoms with Gasteiger partial charge < -0.3 is 19.9 Å². The Hall–Kier alpha value is -3.73. The van der Waals surface area contributed by atoms with Crippen LogP contribution in [0.15, 0.2) is 47.8 Å². The number of amides is 1. The zero-order valence-electron chi connectivity index (χ0n) is 27.7. The molecule has 2 saturated carbocycles. The zero-order valence-corrected chi connectivity index (χ0v) is 27.7. The molecule has 0 bridgehead atoms. The van der Waals surface area contributed by atoms with E-state index >= 15 is 0 Å². The Labute approximate surface area is 271 Å². The van der Waals surface area contributed by atoms with Gasteiger partial charge in [0.05, 0.1) is 12.2 Å². The van der Waals surface area contributed by atoms with Gasteiger partial charge in [0.25, 0.3) is 5.56 Å². The Morgan fingerprint density at radius 2 is 1.96 bits per heavy atom. The predicted molar refractivity (Wildman–Crippen MR) is 177 cm³/mol. The number of rotatable bonds is 8. The van der Waals surface area contributed by atoms with E-state index in [0.717, 1.165) is 56.0 Å². The standard InChI is InChI=1S/C35H48N8O3/c1-24(43-21-31(38-39-43)27-13-26(17-36-18-27)28-15-35(16-28)22-37-23-35)41-12-10-29(14-32(41)44)40-11-6-9-30(20-40)42(19-25-7-5-8-25)33(45)46-34(2,3)4/h10,12-14,17-18,21,24-25,28,30,37H,5-9,11,15-16,19-20,22-23H2,1-4H3/t24?,30-/m1/s1. The van der Waals surface area contributed by atoms with Crippen molar-refractivity contribution < 1.29 is 9.53 Å². The number of piperidine rings is 1. The smallest absolute Gasteiger partial charge is 0.410 e. The number of ether oxygens (including phenoxy) is 1. The van der Waals surface area contributed by atoms with E-state index in [2.05, 4.69) is 31.6 Å². The van der Waals surface area contributed by atoms with Crippen LogP contribution >= 0.6 is 0 Å². The van der Waals surface area contributed by atoms with Crippen LogP contribution in [0.2, 0.25) is 0 Å². The summed E-state index contributed by atoms with van der Waals surface area (Å²) in [4.78, 5) is 35.5. The minimum absolute atomic E-state index is 0.0488. The minimum atomic E-state index is -0.538. The van der Waals surface area contributed by atoms with Crippen LogP contribution in [0.25, 0.3) is 11.3 Å². The van der Waals surface area contributed by atoms with Crippen LogP contribution in [-0.4, -0.2) is 79.9 Å². The molecule has 0 aromatic carbocycles. The van der Waals surface area contributed by atoms with Crippen LogP contribution in [0.4, 0.5) is 10.5 Å². The van der Waals surface area contributed by atoms with Crippen molar-refractivity contribution in [2.45, 2.75) is 96.4 Å². The highest BCUT2D eigenvalue weighted by Crippen LogP contribution is 2.53. The molecule has 3 aromatic heterocycles. The second-order valence-corrected chi connectivity index (χ2v) is 15.2. The van der Waals surface area contributed by atoms with Crippen LogP contribution in [0.3, 0.4) is 0 Å². The summed E-state index contributed by atoms with van der Waals surface area (Å²) in [5.74, 6) is 1.10. The highest BCUT2D eigenvalue weighted by Gasteiger charge is 2.48. The number of aromatic nitrogens is 5. The van der Waals surface area contributed by atoms with E-state index in [9.17, 15) is 9.59 Å². The maximum atomic E-state index is 13.5. The number of nitrogens with zero attached hydrogens (tertiary/aromatic N) is 7. The van der Waals surface area contributed by atoms with Gasteiger partial charge in [0, 0.05) is 68.6 Å². The van der Waals surface area contributed by atoms with Gasteiger partial charge in [0.1, 0.15) is 17.5 Å². The third-order valence-corrected chi connectivity index (χ3v) is 10.6. The van der Waals surface area contributed by atoms with Crippen molar-refractivity contribution in [2.75, 3.05) is 37.6 Å². The first kappa shape index (κ1) is 30.9. The van der Waals surface area contributed by atoms with Crippen LogP contribution in [-0.2, 0) is 4.74 Å². The molecule has 7 rings (SSSR count). The number of nitrogens with one attached hydrogen (secondary N) is 1. The molecule has 4 fully saturated rings. The quantitative estimate of drug-likeness (QED) is 0.370. The van der Waals surface area contributed by atoms with Gasteiger partial charge in [0.15, 0.2) is 0 Å². The van der Waals surface area contributed by atoms with Crippen molar-refractivity contribution in [2.24, 2.45) is 11.3 Å². The van der Waals surface area contributed by atoms with Gasteiger partial charge in [-0.25, -0.2) is 9.48 Å². The molecule has 1 amide bonds. The Bertz CT molecular complexity index is 1610. The lowest BCUT2D eigenvalue weighted by Crippen LogP contribution is -2.59. The summed E-state index contributed by atoms with van der Waals surface area (Å²) >= 11 is 0. The fourth-order valence-corrected chi connectivity index (χ4v) is 7.60. The van der Waals surface area contributed by atoms with Gasteiger partial charge in [-0.1, -0.05) is 11.6 Å². The molecule has 3 aromatic rings. The van der Waals surface area contributed by atoms with E-state index in [1.807, 2.05) is 63.4 Å². The number of hydrogen-bond acceptors (Lipinski definition) is 8. The van der Waals surface area contributed by atoms with Crippen molar-refractivity contribution >= 4 is 11.8 Å². The molecular weight excluding hydrogens is 580 g/mol. The Kier molecular flexibility index (Phi) is 8.15. The summed E-state index contributed by atoms with van der Waals surface area (Å²) < 4.78 is 9.25. The third kappa shape index (κ3) is 6.30. The Morgan fingerprint density at radius 1 is 1.15 bits per heavy atom. The van der Waals surface area contributed by atoms with E-state index in [1.165, 1.54) is 37.7 Å². The monoisotopic (exact) mass is 628 g/mol. The topological polar surface area (TPSA) is 110 Å². The first-order valence-corrected chi connectivity index (χ1v) is 17.1. The fourth-order valence-electron chi connectivity index (χ4n) is 7.60. The molecule has 1 N–H and O–H groups in total. The van der Waals surface area contributed by atoms with Crippen LogP contribution in [0, 0.1) is 11.3 Å². The summed E-state index contributed by atoms with van der Waals surface area (Å²) in [6.45, 7) is 12.2. The lowest BCUT2D eigenvalue weighted by atomic mass is 9.57. The van der Waals surface area contributed by atoms with Crippen molar-refractivity contribution in [3.05, 3.63) is 58.9 Å². The van der Waals surface area contributed by atoms with Crippen molar-refractivity contribution in [3.8, 4) is 11.3 Å². The van der Waals surface area contributed by atoms with E-state index in [4.69, 9.17) is 4.74 Å². The van der Waals surface area contributed by atoms with E-state index in [0.29, 0.717) is 23.8 Å². The molecule has 246 valence electrons. The lowest BCUT2D eigenvalue weighted by Gasteiger charge is -2.54. The fraction of sp³-hybridized carbons (Fsp3) is 0.629. The molecule has 1 spiro atoms. The molecule has 1 unspecified atom stereocenters. The largest absolute Gasteiger partial charge is 0.444 e. The number of carbonyl (C=O) groups excluding carboxylic acids is 1. The predicted octanol–water partition coefficient (Wildman–Crippen LogP) is 5.04. The molecule has 11 heteroatoms. The van der Waals surface area contributed by atoms with Gasteiger partial charge in [0.2, 0.25) is 0 Å². The molecule has 2 atom stereocenters. The zero-order chi connectivity index (χ0) is 32.1. The average Bonchev–Trinajstić information content (AvgIpc) is 3.45. The average molecular weight is 629 g/mol. The Balaban J connectivity index is 1.03. The minimum Gasteiger partial charge on any atom is -0.444 e. The van der Waals surface area contributed by atoms with E-state index in [1.54, 1.807) is 15.3 Å². The molecule has 46 heavy (non-hydrogen) atoms. The van der Waals surface area contributed by atoms with Gasteiger partial charge in [-0.2, -0.15) is 0 Å². The molecule has 5 heterocycles. The Morgan fingerprint density at radius 3 is 2.63 bits per heavy atom. The number of anilines is 1. The maximum Gasteiger partial charge on any atom is 0.410 e. The summed E-state index contributed by atoms with van der Waals surface area (Å²) in [7, 11) is 0. The number of carbonyl (C=O) groups is 1. The maximum absolute atomic E-state index is 13.5. The van der Waals surface area contributed by atoms with Crippen LogP contribution in [0.5, 0.6) is 0 Å². The summed E-state index contributed by atoms with van der Waals surface area (Å²) in [5, 5.41) is 12.2. The SMILES string of the molecule is CC(n1cc(-c2cncc(C3CC4(CNC4)C3)c2)nn1)n1ccc(N2CCC[C@@H](N(CC3CCC3)C(=O)OC(C)(C)C)C2)cc1=O. The van der Waals surface area contributed by atoms with Crippen molar-refractivity contribution in [1.82, 2.24) is 34.8 Å². The number of pyridine rings is 2. The second-order valence-electron chi connectivity index (χ2n) is 15.2. The van der Waals surface area contributed by atoms with Gasteiger partial charge in [-0.05, 0) is 101 Å². The van der Waals surface area contributed by atoms with Crippen LogP contribution < -0.4 is 15.8 Å². The molecular formula is C35H48N8O3. The van der Waals surface area contributed by atoms with E-state index < -0.39 is 5.60 Å². The van der Waals surface area contributed by atoms with Gasteiger partial charge in [-0.3, -0.25) is 14.3 Å². The highest BCUT2D eigenvalue weighted by molar-refractivity contribution is 5.69.